The van der Waals surface area contributed by atoms with Gasteiger partial charge in [-0.2, -0.15) is 0 Å². The highest BCUT2D eigenvalue weighted by Crippen LogP contribution is 2.21. The molecule has 1 heterocycles. The maximum Gasteiger partial charge on any atom is 0.323 e. The lowest BCUT2D eigenvalue weighted by Crippen LogP contribution is -2.47. The fourth-order valence-corrected chi connectivity index (χ4v) is 2.68. The van der Waals surface area contributed by atoms with Gasteiger partial charge < -0.3 is 15.4 Å². The van der Waals surface area contributed by atoms with Crippen molar-refractivity contribution in [3.63, 3.8) is 0 Å². The third kappa shape index (κ3) is 3.96. The van der Waals surface area contributed by atoms with Crippen LogP contribution in [0.5, 0.6) is 0 Å². The van der Waals surface area contributed by atoms with E-state index in [-0.39, 0.29) is 18.1 Å². The number of nitrogens with one attached hydrogen (secondary N) is 2. The number of rotatable bonds is 4. The van der Waals surface area contributed by atoms with Crippen LogP contribution in [0.4, 0.5) is 0 Å². The second-order valence-electron chi connectivity index (χ2n) is 5.26. The van der Waals surface area contributed by atoms with Crippen molar-refractivity contribution in [2.45, 2.75) is 63.6 Å². The summed E-state index contributed by atoms with van der Waals surface area (Å²) >= 11 is 0. The van der Waals surface area contributed by atoms with Gasteiger partial charge in [-0.25, -0.2) is 0 Å². The molecule has 0 amide bonds. The van der Waals surface area contributed by atoms with E-state index in [2.05, 4.69) is 10.6 Å². The summed E-state index contributed by atoms with van der Waals surface area (Å²) in [5.41, 5.74) is 0. The zero-order valence-electron chi connectivity index (χ0n) is 10.7. The number of esters is 1. The van der Waals surface area contributed by atoms with Gasteiger partial charge in [-0.05, 0) is 58.5 Å². The Balaban J connectivity index is 1.70. The molecule has 2 rings (SSSR count). The van der Waals surface area contributed by atoms with E-state index in [1.807, 2.05) is 6.92 Å². The molecule has 0 bridgehead atoms. The number of ether oxygens (including phenoxy) is 1. The molecule has 4 nitrogen and oxygen atoms in total. The predicted octanol–water partition coefficient (Wildman–Crippen LogP) is 1.20. The van der Waals surface area contributed by atoms with E-state index < -0.39 is 0 Å². The Labute approximate surface area is 103 Å². The van der Waals surface area contributed by atoms with Crippen LogP contribution in [0.2, 0.25) is 0 Å². The molecule has 1 aliphatic heterocycles. The number of piperidine rings is 1. The summed E-state index contributed by atoms with van der Waals surface area (Å²) in [4.78, 5) is 11.9. The van der Waals surface area contributed by atoms with Crippen molar-refractivity contribution in [3.8, 4) is 0 Å². The lowest BCUT2D eigenvalue weighted by atomic mass is 10.1. The Morgan fingerprint density at radius 1 is 1.24 bits per heavy atom. The second kappa shape index (κ2) is 6.36. The highest BCUT2D eigenvalue weighted by atomic mass is 16.5. The number of hydrogen-bond acceptors (Lipinski definition) is 4. The Kier molecular flexibility index (Phi) is 4.80. The van der Waals surface area contributed by atoms with Crippen LogP contribution < -0.4 is 10.6 Å². The van der Waals surface area contributed by atoms with Crippen molar-refractivity contribution in [2.75, 3.05) is 13.1 Å². The van der Waals surface area contributed by atoms with Gasteiger partial charge in [0.25, 0.3) is 0 Å². The van der Waals surface area contributed by atoms with Crippen molar-refractivity contribution in [1.29, 1.82) is 0 Å². The topological polar surface area (TPSA) is 50.4 Å². The van der Waals surface area contributed by atoms with Crippen LogP contribution in [0.15, 0.2) is 0 Å². The molecule has 0 aromatic heterocycles. The van der Waals surface area contributed by atoms with Gasteiger partial charge in [0.05, 0.1) is 0 Å². The molecule has 1 saturated carbocycles. The SMILES string of the molecule is C[C@H](NC1CCNCC1)C(=O)OC1CCCC1. The first kappa shape index (κ1) is 12.8. The largest absolute Gasteiger partial charge is 0.461 e. The van der Waals surface area contributed by atoms with Crippen LogP contribution in [-0.2, 0) is 9.53 Å². The quantitative estimate of drug-likeness (QED) is 0.725. The number of carbonyl (C=O) groups excluding carboxylic acids is 1. The molecule has 17 heavy (non-hydrogen) atoms. The van der Waals surface area contributed by atoms with Gasteiger partial charge in [0.1, 0.15) is 12.1 Å². The minimum absolute atomic E-state index is 0.0737. The Morgan fingerprint density at radius 3 is 2.53 bits per heavy atom. The van der Waals surface area contributed by atoms with Gasteiger partial charge in [0.15, 0.2) is 0 Å². The van der Waals surface area contributed by atoms with Crippen LogP contribution in [0.1, 0.15) is 45.4 Å². The van der Waals surface area contributed by atoms with E-state index in [0.29, 0.717) is 6.04 Å². The van der Waals surface area contributed by atoms with Crippen molar-refractivity contribution in [3.05, 3.63) is 0 Å². The van der Waals surface area contributed by atoms with Crippen molar-refractivity contribution in [1.82, 2.24) is 10.6 Å². The van der Waals surface area contributed by atoms with Crippen LogP contribution in [0, 0.1) is 0 Å². The monoisotopic (exact) mass is 240 g/mol. The first-order chi connectivity index (χ1) is 8.25. The van der Waals surface area contributed by atoms with Crippen LogP contribution in [0.3, 0.4) is 0 Å². The summed E-state index contributed by atoms with van der Waals surface area (Å²) in [6, 6.07) is 0.293. The first-order valence-electron chi connectivity index (χ1n) is 6.93. The second-order valence-corrected chi connectivity index (χ2v) is 5.26. The average Bonchev–Trinajstić information content (AvgIpc) is 2.83. The normalized spacial score (nSPS) is 24.8. The maximum absolute atomic E-state index is 11.9. The number of carbonyl (C=O) groups is 1. The minimum atomic E-state index is -0.168. The number of hydrogen-bond donors (Lipinski definition) is 2. The Morgan fingerprint density at radius 2 is 1.88 bits per heavy atom. The summed E-state index contributed by atoms with van der Waals surface area (Å²) in [6.07, 6.45) is 6.88. The van der Waals surface area contributed by atoms with Crippen LogP contribution in [0.25, 0.3) is 0 Å². The van der Waals surface area contributed by atoms with E-state index in [0.717, 1.165) is 38.8 Å². The van der Waals surface area contributed by atoms with E-state index >= 15 is 0 Å². The Hall–Kier alpha value is -0.610. The van der Waals surface area contributed by atoms with Crippen LogP contribution in [-0.4, -0.2) is 37.2 Å². The molecule has 0 radical (unpaired) electrons. The summed E-state index contributed by atoms with van der Waals surface area (Å²) in [6.45, 7) is 4.00. The summed E-state index contributed by atoms with van der Waals surface area (Å²) < 4.78 is 5.50. The van der Waals surface area contributed by atoms with Gasteiger partial charge >= 0.3 is 5.97 Å². The van der Waals surface area contributed by atoms with E-state index in [1.54, 1.807) is 0 Å². The van der Waals surface area contributed by atoms with Gasteiger partial charge in [-0.1, -0.05) is 0 Å². The predicted molar refractivity (Wildman–Crippen MR) is 66.8 cm³/mol. The third-order valence-electron chi connectivity index (χ3n) is 3.76. The zero-order chi connectivity index (χ0) is 12.1. The van der Waals surface area contributed by atoms with Gasteiger partial charge in [-0.15, -0.1) is 0 Å². The maximum atomic E-state index is 11.9. The average molecular weight is 240 g/mol. The summed E-state index contributed by atoms with van der Waals surface area (Å²) in [7, 11) is 0. The molecule has 0 spiro atoms. The van der Waals surface area contributed by atoms with Gasteiger partial charge in [0.2, 0.25) is 0 Å². The summed E-state index contributed by atoms with van der Waals surface area (Å²) in [5.74, 6) is -0.0737. The molecule has 0 aromatic rings. The fraction of sp³-hybridized carbons (Fsp3) is 0.923. The highest BCUT2D eigenvalue weighted by molar-refractivity contribution is 5.75. The van der Waals surface area contributed by atoms with Gasteiger partial charge in [-0.3, -0.25) is 4.79 Å². The van der Waals surface area contributed by atoms with E-state index in [9.17, 15) is 4.79 Å². The van der Waals surface area contributed by atoms with Crippen molar-refractivity contribution >= 4 is 5.97 Å². The molecule has 2 aliphatic rings. The lowest BCUT2D eigenvalue weighted by Gasteiger charge is -2.27. The lowest BCUT2D eigenvalue weighted by molar-refractivity contribution is -0.151. The molecule has 1 aliphatic carbocycles. The van der Waals surface area contributed by atoms with Crippen molar-refractivity contribution < 1.29 is 9.53 Å². The third-order valence-corrected chi connectivity index (χ3v) is 3.76. The fourth-order valence-electron chi connectivity index (χ4n) is 2.68. The molecule has 2 N–H and O–H groups in total. The van der Waals surface area contributed by atoms with Gasteiger partial charge in [0, 0.05) is 6.04 Å². The highest BCUT2D eigenvalue weighted by Gasteiger charge is 2.24. The van der Waals surface area contributed by atoms with E-state index in [1.165, 1.54) is 12.8 Å². The Bertz CT molecular complexity index is 246. The van der Waals surface area contributed by atoms with Crippen LogP contribution >= 0.6 is 0 Å². The zero-order valence-corrected chi connectivity index (χ0v) is 10.7. The summed E-state index contributed by atoms with van der Waals surface area (Å²) in [5, 5.41) is 6.70. The molecule has 0 aromatic carbocycles. The van der Waals surface area contributed by atoms with Crippen molar-refractivity contribution in [2.24, 2.45) is 0 Å². The molecule has 1 atom stereocenters. The molecule has 2 fully saturated rings. The first-order valence-corrected chi connectivity index (χ1v) is 6.93. The minimum Gasteiger partial charge on any atom is -0.461 e. The standard InChI is InChI=1S/C13H24N2O2/c1-10(15-11-6-8-14-9-7-11)13(16)17-12-4-2-3-5-12/h10-12,14-15H,2-9H2,1H3/t10-/m0/s1. The molecule has 98 valence electrons. The molecular weight excluding hydrogens is 216 g/mol. The molecule has 4 heteroatoms. The van der Waals surface area contributed by atoms with E-state index in [4.69, 9.17) is 4.74 Å². The smallest absolute Gasteiger partial charge is 0.323 e. The molecule has 0 unspecified atom stereocenters. The molecular formula is C13H24N2O2. The molecule has 1 saturated heterocycles.